The molecule has 1 aromatic rings. The van der Waals surface area contributed by atoms with Gasteiger partial charge >= 0.3 is 0 Å². The van der Waals surface area contributed by atoms with E-state index in [1.807, 2.05) is 0 Å². The Morgan fingerprint density at radius 1 is 1.35 bits per heavy atom. The quantitative estimate of drug-likeness (QED) is 0.830. The zero-order chi connectivity index (χ0) is 12.3. The third kappa shape index (κ3) is 2.93. The molecule has 17 heavy (non-hydrogen) atoms. The first-order valence-electron chi connectivity index (χ1n) is 5.64. The summed E-state index contributed by atoms with van der Waals surface area (Å²) in [6.45, 7) is 0.642. The second kappa shape index (κ2) is 5.12. The number of carbonyl (C=O) groups is 1. The van der Waals surface area contributed by atoms with Crippen molar-refractivity contribution >= 4 is 11.6 Å². The molecule has 1 aromatic carbocycles. The van der Waals surface area contributed by atoms with Crippen LogP contribution in [0.15, 0.2) is 18.2 Å². The second-order valence-electron chi connectivity index (χ2n) is 4.14. The molecule has 3 nitrogen and oxygen atoms in total. The Kier molecular flexibility index (Phi) is 3.56. The molecule has 92 valence electrons. The summed E-state index contributed by atoms with van der Waals surface area (Å²) in [7, 11) is 0. The number of nitrogens with one attached hydrogen (secondary N) is 2. The van der Waals surface area contributed by atoms with E-state index >= 15 is 0 Å². The number of hydrogen-bond acceptors (Lipinski definition) is 2. The van der Waals surface area contributed by atoms with Crippen LogP contribution in [0.5, 0.6) is 0 Å². The van der Waals surface area contributed by atoms with Gasteiger partial charge in [0, 0.05) is 19.0 Å². The smallest absolute Gasteiger partial charge is 0.222 e. The summed E-state index contributed by atoms with van der Waals surface area (Å²) < 4.78 is 26.4. The third-order valence-electron chi connectivity index (χ3n) is 2.79. The zero-order valence-electron chi connectivity index (χ0n) is 9.30. The Hall–Kier alpha value is -1.65. The summed E-state index contributed by atoms with van der Waals surface area (Å²) in [6, 6.07) is 3.84. The fraction of sp³-hybridized carbons (Fsp3) is 0.417. The van der Waals surface area contributed by atoms with Gasteiger partial charge in [-0.3, -0.25) is 4.79 Å². The number of halogens is 2. The van der Waals surface area contributed by atoms with E-state index in [0.717, 1.165) is 18.9 Å². The maximum Gasteiger partial charge on any atom is 0.222 e. The molecule has 2 N–H and O–H groups in total. The number of benzene rings is 1. The monoisotopic (exact) mass is 240 g/mol. The molecule has 5 heteroatoms. The SMILES string of the molecule is O=C1CC(Nc2cccc(F)c2F)CCCN1. The van der Waals surface area contributed by atoms with Gasteiger partial charge in [0.15, 0.2) is 11.6 Å². The summed E-state index contributed by atoms with van der Waals surface area (Å²) in [5, 5.41) is 5.62. The van der Waals surface area contributed by atoms with Crippen molar-refractivity contribution in [2.24, 2.45) is 0 Å². The van der Waals surface area contributed by atoms with Crippen molar-refractivity contribution in [3.05, 3.63) is 29.8 Å². The first-order chi connectivity index (χ1) is 8.16. The van der Waals surface area contributed by atoms with Gasteiger partial charge in [-0.15, -0.1) is 0 Å². The number of carbonyl (C=O) groups excluding carboxylic acids is 1. The van der Waals surface area contributed by atoms with Crippen molar-refractivity contribution in [1.82, 2.24) is 5.32 Å². The zero-order valence-corrected chi connectivity index (χ0v) is 9.30. The molecule has 0 aliphatic carbocycles. The van der Waals surface area contributed by atoms with Crippen LogP contribution in [0, 0.1) is 11.6 Å². The maximum absolute atomic E-state index is 13.4. The number of hydrogen-bond donors (Lipinski definition) is 2. The van der Waals surface area contributed by atoms with Gasteiger partial charge in [0.25, 0.3) is 0 Å². The Balaban J connectivity index is 2.09. The topological polar surface area (TPSA) is 41.1 Å². The average molecular weight is 240 g/mol. The van der Waals surface area contributed by atoms with E-state index in [1.54, 1.807) is 0 Å². The Bertz CT molecular complexity index is 423. The lowest BCUT2D eigenvalue weighted by atomic mass is 10.1. The Labute approximate surface area is 98.2 Å². The van der Waals surface area contributed by atoms with Gasteiger partial charge in [-0.2, -0.15) is 0 Å². The van der Waals surface area contributed by atoms with Gasteiger partial charge in [-0.25, -0.2) is 8.78 Å². The van der Waals surface area contributed by atoms with Crippen LogP contribution in [0.25, 0.3) is 0 Å². The van der Waals surface area contributed by atoms with E-state index in [-0.39, 0.29) is 24.1 Å². The minimum absolute atomic E-state index is 0.0585. The molecule has 1 unspecified atom stereocenters. The molecular formula is C12H14F2N2O. The van der Waals surface area contributed by atoms with Crippen molar-refractivity contribution in [1.29, 1.82) is 0 Å². The molecule has 0 radical (unpaired) electrons. The molecule has 1 aliphatic heterocycles. The largest absolute Gasteiger partial charge is 0.379 e. The molecule has 2 rings (SSSR count). The average Bonchev–Trinajstić information content (AvgIpc) is 2.49. The van der Waals surface area contributed by atoms with Crippen LogP contribution in [-0.4, -0.2) is 18.5 Å². The summed E-state index contributed by atoms with van der Waals surface area (Å²) in [4.78, 5) is 11.3. The predicted octanol–water partition coefficient (Wildman–Crippen LogP) is 2.05. The molecule has 0 bridgehead atoms. The van der Waals surface area contributed by atoms with Gasteiger partial charge in [0.1, 0.15) is 0 Å². The van der Waals surface area contributed by atoms with Crippen molar-refractivity contribution in [2.45, 2.75) is 25.3 Å². The van der Waals surface area contributed by atoms with Crippen molar-refractivity contribution in [3.8, 4) is 0 Å². The summed E-state index contributed by atoms with van der Waals surface area (Å²) in [6.07, 6.45) is 1.88. The normalized spacial score (nSPS) is 20.6. The number of rotatable bonds is 2. The van der Waals surface area contributed by atoms with Crippen LogP contribution in [-0.2, 0) is 4.79 Å². The van der Waals surface area contributed by atoms with Crippen LogP contribution >= 0.6 is 0 Å². The summed E-state index contributed by atoms with van der Waals surface area (Å²) in [5.41, 5.74) is 0.115. The molecule has 1 saturated heterocycles. The summed E-state index contributed by atoms with van der Waals surface area (Å²) in [5.74, 6) is -1.83. The van der Waals surface area contributed by atoms with Crippen LogP contribution in [0.4, 0.5) is 14.5 Å². The lowest BCUT2D eigenvalue weighted by Gasteiger charge is -2.17. The van der Waals surface area contributed by atoms with Crippen molar-refractivity contribution in [3.63, 3.8) is 0 Å². The first-order valence-corrected chi connectivity index (χ1v) is 5.64. The summed E-state index contributed by atoms with van der Waals surface area (Å²) >= 11 is 0. The fourth-order valence-electron chi connectivity index (χ4n) is 1.93. The van der Waals surface area contributed by atoms with E-state index in [9.17, 15) is 13.6 Å². The molecule has 0 saturated carbocycles. The molecule has 1 aliphatic rings. The molecular weight excluding hydrogens is 226 g/mol. The molecule has 1 heterocycles. The van der Waals surface area contributed by atoms with Gasteiger partial charge in [0.2, 0.25) is 5.91 Å². The Morgan fingerprint density at radius 3 is 3.00 bits per heavy atom. The van der Waals surface area contributed by atoms with Crippen LogP contribution < -0.4 is 10.6 Å². The van der Waals surface area contributed by atoms with E-state index in [0.29, 0.717) is 6.54 Å². The van der Waals surface area contributed by atoms with Gasteiger partial charge in [-0.05, 0) is 25.0 Å². The van der Waals surface area contributed by atoms with Crippen molar-refractivity contribution in [2.75, 3.05) is 11.9 Å². The van der Waals surface area contributed by atoms with Crippen LogP contribution in [0.2, 0.25) is 0 Å². The highest BCUT2D eigenvalue weighted by molar-refractivity contribution is 5.77. The predicted molar refractivity (Wildman–Crippen MR) is 60.6 cm³/mol. The first kappa shape index (κ1) is 11.8. The minimum atomic E-state index is -0.892. The minimum Gasteiger partial charge on any atom is -0.379 e. The van der Waals surface area contributed by atoms with Gasteiger partial charge in [0.05, 0.1) is 5.69 Å². The molecule has 0 spiro atoms. The van der Waals surface area contributed by atoms with E-state index in [2.05, 4.69) is 10.6 Å². The van der Waals surface area contributed by atoms with E-state index in [4.69, 9.17) is 0 Å². The lowest BCUT2D eigenvalue weighted by Crippen LogP contribution is -2.27. The number of anilines is 1. The highest BCUT2D eigenvalue weighted by Crippen LogP contribution is 2.20. The van der Waals surface area contributed by atoms with Crippen LogP contribution in [0.1, 0.15) is 19.3 Å². The Morgan fingerprint density at radius 2 is 2.18 bits per heavy atom. The molecule has 1 amide bonds. The highest BCUT2D eigenvalue weighted by Gasteiger charge is 2.18. The standard InChI is InChI=1S/C12H14F2N2O/c13-9-4-1-5-10(12(9)14)16-8-3-2-6-15-11(17)7-8/h1,4-5,8,16H,2-3,6-7H2,(H,15,17). The fourth-order valence-corrected chi connectivity index (χ4v) is 1.93. The molecule has 1 atom stereocenters. The molecule has 0 aromatic heterocycles. The van der Waals surface area contributed by atoms with Gasteiger partial charge in [-0.1, -0.05) is 6.07 Å². The third-order valence-corrected chi connectivity index (χ3v) is 2.79. The number of amides is 1. The molecule has 1 fully saturated rings. The highest BCUT2D eigenvalue weighted by atomic mass is 19.2. The maximum atomic E-state index is 13.4. The lowest BCUT2D eigenvalue weighted by molar-refractivity contribution is -0.120. The second-order valence-corrected chi connectivity index (χ2v) is 4.14. The van der Waals surface area contributed by atoms with Gasteiger partial charge < -0.3 is 10.6 Å². The van der Waals surface area contributed by atoms with E-state index < -0.39 is 11.6 Å². The van der Waals surface area contributed by atoms with E-state index in [1.165, 1.54) is 12.1 Å². The van der Waals surface area contributed by atoms with Crippen LogP contribution in [0.3, 0.4) is 0 Å². The van der Waals surface area contributed by atoms with Crippen molar-refractivity contribution < 1.29 is 13.6 Å².